The van der Waals surface area contributed by atoms with Crippen molar-refractivity contribution in [2.75, 3.05) is 6.61 Å². The normalized spacial score (nSPS) is 11.0. The molecule has 7 heteroatoms. The first-order chi connectivity index (χ1) is 9.95. The van der Waals surface area contributed by atoms with Crippen molar-refractivity contribution >= 4 is 17.6 Å². The lowest BCUT2D eigenvalue weighted by Gasteiger charge is -2.09. The molecule has 0 amide bonds. The third-order valence-electron chi connectivity index (χ3n) is 2.91. The van der Waals surface area contributed by atoms with Gasteiger partial charge in [0.25, 0.3) is 6.43 Å². The van der Waals surface area contributed by atoms with E-state index in [0.717, 1.165) is 16.4 Å². The van der Waals surface area contributed by atoms with Crippen molar-refractivity contribution in [3.05, 3.63) is 46.2 Å². The highest BCUT2D eigenvalue weighted by Crippen LogP contribution is 2.28. The number of aromatic nitrogens is 2. The van der Waals surface area contributed by atoms with Gasteiger partial charge < -0.3 is 4.74 Å². The number of hydrogen-bond donors (Lipinski definition) is 0. The summed E-state index contributed by atoms with van der Waals surface area (Å²) in [7, 11) is 0. The Kier molecular flexibility index (Phi) is 4.57. The van der Waals surface area contributed by atoms with Crippen LogP contribution in [0, 0.1) is 6.92 Å². The van der Waals surface area contributed by atoms with E-state index in [2.05, 4.69) is 5.10 Å². The van der Waals surface area contributed by atoms with Crippen LogP contribution in [-0.4, -0.2) is 22.4 Å². The van der Waals surface area contributed by atoms with Crippen LogP contribution in [0.1, 0.15) is 35.0 Å². The fourth-order valence-electron chi connectivity index (χ4n) is 1.85. The topological polar surface area (TPSA) is 44.1 Å². The number of carbonyl (C=O) groups is 1. The molecule has 0 atom stereocenters. The summed E-state index contributed by atoms with van der Waals surface area (Å²) in [6, 6.07) is 4.82. The van der Waals surface area contributed by atoms with Crippen molar-refractivity contribution < 1.29 is 18.3 Å². The van der Waals surface area contributed by atoms with Crippen LogP contribution in [0.4, 0.5) is 8.78 Å². The number of nitrogens with zero attached hydrogens (tertiary/aromatic N) is 2. The quantitative estimate of drug-likeness (QED) is 0.803. The maximum Gasteiger partial charge on any atom is 0.341 e. The number of alkyl halides is 2. The van der Waals surface area contributed by atoms with E-state index in [4.69, 9.17) is 16.3 Å². The molecule has 4 nitrogen and oxygen atoms in total. The maximum atomic E-state index is 13.3. The zero-order chi connectivity index (χ0) is 15.6. The molecule has 0 spiro atoms. The monoisotopic (exact) mass is 314 g/mol. The number of ether oxygens (including phenoxy) is 1. The fraction of sp³-hybridized carbons (Fsp3) is 0.286. The minimum Gasteiger partial charge on any atom is -0.462 e. The Labute approximate surface area is 125 Å². The largest absolute Gasteiger partial charge is 0.462 e. The maximum absolute atomic E-state index is 13.3. The number of rotatable bonds is 4. The summed E-state index contributed by atoms with van der Waals surface area (Å²) in [4.78, 5) is 11.7. The van der Waals surface area contributed by atoms with Crippen LogP contribution in [-0.2, 0) is 4.74 Å². The lowest BCUT2D eigenvalue weighted by molar-refractivity contribution is 0.0514. The first-order valence-corrected chi connectivity index (χ1v) is 6.63. The van der Waals surface area contributed by atoms with Crippen LogP contribution in [0.2, 0.25) is 5.02 Å². The van der Waals surface area contributed by atoms with Crippen molar-refractivity contribution in [2.45, 2.75) is 20.3 Å². The highest BCUT2D eigenvalue weighted by Gasteiger charge is 2.26. The van der Waals surface area contributed by atoms with Crippen LogP contribution in [0.5, 0.6) is 0 Å². The molecule has 2 rings (SSSR count). The number of carbonyl (C=O) groups excluding carboxylic acids is 1. The third-order valence-corrected chi connectivity index (χ3v) is 3.32. The van der Waals surface area contributed by atoms with Gasteiger partial charge in [-0.25, -0.2) is 18.3 Å². The van der Waals surface area contributed by atoms with Gasteiger partial charge >= 0.3 is 5.97 Å². The second-order valence-electron chi connectivity index (χ2n) is 4.31. The molecule has 0 N–H and O–H groups in total. The van der Waals surface area contributed by atoms with Crippen molar-refractivity contribution in [3.8, 4) is 5.69 Å². The average molecular weight is 315 g/mol. The van der Waals surface area contributed by atoms with Gasteiger partial charge in [0.15, 0.2) is 0 Å². The highest BCUT2D eigenvalue weighted by molar-refractivity contribution is 6.31. The number of halogens is 3. The molecule has 0 aliphatic heterocycles. The Morgan fingerprint density at radius 2 is 2.19 bits per heavy atom. The van der Waals surface area contributed by atoms with E-state index >= 15 is 0 Å². The molecular formula is C14H13ClF2N2O2. The van der Waals surface area contributed by atoms with Gasteiger partial charge in [0.05, 0.1) is 18.5 Å². The van der Waals surface area contributed by atoms with Crippen LogP contribution in [0.15, 0.2) is 24.4 Å². The average Bonchev–Trinajstić information content (AvgIpc) is 2.87. The molecule has 0 radical (unpaired) electrons. The summed E-state index contributed by atoms with van der Waals surface area (Å²) in [6.45, 7) is 3.50. The fourth-order valence-corrected chi connectivity index (χ4v) is 2.03. The van der Waals surface area contributed by atoms with E-state index in [1.165, 1.54) is 6.07 Å². The van der Waals surface area contributed by atoms with Crippen LogP contribution in [0.25, 0.3) is 5.69 Å². The van der Waals surface area contributed by atoms with Gasteiger partial charge in [0, 0.05) is 5.02 Å². The first-order valence-electron chi connectivity index (χ1n) is 6.25. The van der Waals surface area contributed by atoms with Crippen LogP contribution in [0.3, 0.4) is 0 Å². The molecule has 0 saturated heterocycles. The Morgan fingerprint density at radius 3 is 2.76 bits per heavy atom. The number of esters is 1. The number of aryl methyl sites for hydroxylation is 1. The lowest BCUT2D eigenvalue weighted by atomic mass is 10.2. The number of benzene rings is 1. The Bertz CT molecular complexity index is 671. The smallest absolute Gasteiger partial charge is 0.341 e. The summed E-state index contributed by atoms with van der Waals surface area (Å²) in [6.07, 6.45) is -1.79. The van der Waals surface area contributed by atoms with E-state index in [-0.39, 0.29) is 12.2 Å². The predicted octanol–water partition coefficient (Wildman–Crippen LogP) is 3.95. The Balaban J connectivity index is 2.54. The summed E-state index contributed by atoms with van der Waals surface area (Å²) in [5.41, 5.74) is 0.421. The molecule has 0 saturated carbocycles. The molecular weight excluding hydrogens is 302 g/mol. The van der Waals surface area contributed by atoms with Crippen LogP contribution >= 0.6 is 11.6 Å². The zero-order valence-electron chi connectivity index (χ0n) is 11.4. The van der Waals surface area contributed by atoms with E-state index in [9.17, 15) is 13.6 Å². The summed E-state index contributed by atoms with van der Waals surface area (Å²) in [5.74, 6) is -0.822. The summed E-state index contributed by atoms with van der Waals surface area (Å²) in [5, 5.41) is 4.29. The van der Waals surface area contributed by atoms with Gasteiger partial charge in [-0.3, -0.25) is 0 Å². The van der Waals surface area contributed by atoms with Crippen LogP contribution < -0.4 is 0 Å². The van der Waals surface area contributed by atoms with Crippen molar-refractivity contribution in [2.24, 2.45) is 0 Å². The molecule has 0 aliphatic rings. The van der Waals surface area contributed by atoms with Gasteiger partial charge in [-0.05, 0) is 31.5 Å². The van der Waals surface area contributed by atoms with Gasteiger partial charge in [-0.2, -0.15) is 5.10 Å². The SMILES string of the molecule is CCOC(=O)c1cnn(-c2ccc(C)c(Cl)c2)c1C(F)F. The van der Waals surface area contributed by atoms with Crippen molar-refractivity contribution in [3.63, 3.8) is 0 Å². The Hall–Kier alpha value is -1.95. The molecule has 0 unspecified atom stereocenters. The van der Waals surface area contributed by atoms with Crippen molar-refractivity contribution in [1.82, 2.24) is 9.78 Å². The first kappa shape index (κ1) is 15.4. The molecule has 2 aromatic rings. The minimum atomic E-state index is -2.87. The van der Waals surface area contributed by atoms with Gasteiger partial charge in [-0.1, -0.05) is 17.7 Å². The molecule has 0 bridgehead atoms. The van der Waals surface area contributed by atoms with E-state index < -0.39 is 18.1 Å². The number of hydrogen-bond acceptors (Lipinski definition) is 3. The van der Waals surface area contributed by atoms with Gasteiger partial charge in [-0.15, -0.1) is 0 Å². The van der Waals surface area contributed by atoms with Crippen molar-refractivity contribution in [1.29, 1.82) is 0 Å². The second kappa shape index (κ2) is 6.22. The molecule has 0 fully saturated rings. The molecule has 1 aromatic carbocycles. The van der Waals surface area contributed by atoms with E-state index in [1.807, 2.05) is 0 Å². The zero-order valence-corrected chi connectivity index (χ0v) is 12.2. The second-order valence-corrected chi connectivity index (χ2v) is 4.72. The Morgan fingerprint density at radius 1 is 1.48 bits per heavy atom. The molecule has 1 heterocycles. The predicted molar refractivity (Wildman–Crippen MR) is 74.2 cm³/mol. The highest BCUT2D eigenvalue weighted by atomic mass is 35.5. The summed E-state index contributed by atoms with van der Waals surface area (Å²) >= 11 is 5.99. The molecule has 112 valence electrons. The standard InChI is InChI=1S/C14H13ClF2N2O2/c1-3-21-14(20)10-7-18-19(12(10)13(16)17)9-5-4-8(2)11(15)6-9/h4-7,13H,3H2,1-2H3. The molecule has 21 heavy (non-hydrogen) atoms. The minimum absolute atomic E-state index is 0.100. The van der Waals surface area contributed by atoms with E-state index in [1.54, 1.807) is 26.0 Å². The third kappa shape index (κ3) is 3.05. The molecule has 1 aromatic heterocycles. The lowest BCUT2D eigenvalue weighted by Crippen LogP contribution is -2.10. The van der Waals surface area contributed by atoms with Gasteiger partial charge in [0.1, 0.15) is 11.3 Å². The van der Waals surface area contributed by atoms with E-state index in [0.29, 0.717) is 10.7 Å². The molecule has 0 aliphatic carbocycles. The van der Waals surface area contributed by atoms with Gasteiger partial charge in [0.2, 0.25) is 0 Å². The summed E-state index contributed by atoms with van der Waals surface area (Å²) < 4.78 is 32.3.